The first kappa shape index (κ1) is 12.4. The molecule has 2 atom stereocenters. The van der Waals surface area contributed by atoms with E-state index in [9.17, 15) is 8.78 Å². The second-order valence-electron chi connectivity index (χ2n) is 4.37. The van der Waals surface area contributed by atoms with Gasteiger partial charge in [-0.25, -0.2) is 8.78 Å². The molecule has 0 amide bonds. The van der Waals surface area contributed by atoms with Crippen LogP contribution >= 0.6 is 0 Å². The van der Waals surface area contributed by atoms with E-state index in [0.717, 1.165) is 6.42 Å². The van der Waals surface area contributed by atoms with Crippen molar-refractivity contribution in [3.05, 3.63) is 34.9 Å². The predicted octanol–water partition coefficient (Wildman–Crippen LogP) is 1.81. The molecule has 1 saturated heterocycles. The Morgan fingerprint density at radius 3 is 2.76 bits per heavy atom. The molecule has 94 valence electrons. The van der Waals surface area contributed by atoms with E-state index in [-0.39, 0.29) is 11.5 Å². The molecule has 0 bridgehead atoms. The third kappa shape index (κ3) is 2.31. The molecule has 0 radical (unpaired) electrons. The summed E-state index contributed by atoms with van der Waals surface area (Å²) in [7, 11) is 0. The minimum atomic E-state index is -0.820. The average Bonchev–Trinajstić information content (AvgIpc) is 2.84. The zero-order valence-electron chi connectivity index (χ0n) is 9.67. The largest absolute Gasteiger partial charge is 0.381 e. The summed E-state index contributed by atoms with van der Waals surface area (Å²) in [6, 6.07) is 2.73. The molecule has 1 heterocycles. The maximum absolute atomic E-state index is 13.8. The van der Waals surface area contributed by atoms with Crippen molar-refractivity contribution >= 4 is 0 Å². The molecular formula is C12H16F2N2O. The maximum Gasteiger partial charge on any atom is 0.163 e. The SMILES string of the molecule is Cc1ccc(C(NN)C2CCOC2)c(F)c1F. The van der Waals surface area contributed by atoms with E-state index in [1.54, 1.807) is 12.1 Å². The van der Waals surface area contributed by atoms with Crippen molar-refractivity contribution in [2.45, 2.75) is 19.4 Å². The number of ether oxygens (including phenoxy) is 1. The summed E-state index contributed by atoms with van der Waals surface area (Å²) in [6.07, 6.45) is 0.795. The van der Waals surface area contributed by atoms with Crippen LogP contribution in [0, 0.1) is 24.5 Å². The molecule has 17 heavy (non-hydrogen) atoms. The van der Waals surface area contributed by atoms with Gasteiger partial charge < -0.3 is 4.74 Å². The van der Waals surface area contributed by atoms with E-state index in [1.165, 1.54) is 6.92 Å². The number of rotatable bonds is 3. The van der Waals surface area contributed by atoms with Crippen molar-refractivity contribution in [1.29, 1.82) is 0 Å². The summed E-state index contributed by atoms with van der Waals surface area (Å²) in [5.74, 6) is 3.90. The Balaban J connectivity index is 2.33. The highest BCUT2D eigenvalue weighted by atomic mass is 19.2. The number of hydrogen-bond donors (Lipinski definition) is 2. The molecule has 1 aromatic carbocycles. The lowest BCUT2D eigenvalue weighted by atomic mass is 9.92. The molecule has 3 nitrogen and oxygen atoms in total. The van der Waals surface area contributed by atoms with Crippen molar-refractivity contribution < 1.29 is 13.5 Å². The van der Waals surface area contributed by atoms with Crippen LogP contribution in [0.4, 0.5) is 8.78 Å². The van der Waals surface area contributed by atoms with Gasteiger partial charge in [0.2, 0.25) is 0 Å². The van der Waals surface area contributed by atoms with Gasteiger partial charge in [-0.15, -0.1) is 0 Å². The third-order valence-corrected chi connectivity index (χ3v) is 3.26. The molecule has 1 aromatic rings. The zero-order valence-corrected chi connectivity index (χ0v) is 9.67. The Labute approximate surface area is 98.9 Å². The minimum absolute atomic E-state index is 0.0802. The molecule has 1 fully saturated rings. The van der Waals surface area contributed by atoms with Crippen LogP contribution in [-0.2, 0) is 4.74 Å². The molecule has 2 rings (SSSR count). The first-order chi connectivity index (χ1) is 8.15. The zero-order chi connectivity index (χ0) is 12.4. The van der Waals surface area contributed by atoms with Crippen LogP contribution in [0.1, 0.15) is 23.6 Å². The summed E-state index contributed by atoms with van der Waals surface area (Å²) >= 11 is 0. The van der Waals surface area contributed by atoms with Crippen molar-refractivity contribution in [2.24, 2.45) is 11.8 Å². The Bertz CT molecular complexity index is 406. The van der Waals surface area contributed by atoms with Gasteiger partial charge >= 0.3 is 0 Å². The molecule has 3 N–H and O–H groups in total. The van der Waals surface area contributed by atoms with E-state index in [2.05, 4.69) is 5.43 Å². The Hall–Kier alpha value is -1.04. The third-order valence-electron chi connectivity index (χ3n) is 3.26. The number of benzene rings is 1. The number of aryl methyl sites for hydroxylation is 1. The number of nitrogens with one attached hydrogen (secondary N) is 1. The predicted molar refractivity (Wildman–Crippen MR) is 60.1 cm³/mol. The van der Waals surface area contributed by atoms with Crippen LogP contribution in [-0.4, -0.2) is 13.2 Å². The first-order valence-electron chi connectivity index (χ1n) is 5.63. The summed E-state index contributed by atoms with van der Waals surface area (Å²) in [5, 5.41) is 0. The van der Waals surface area contributed by atoms with E-state index >= 15 is 0 Å². The fourth-order valence-corrected chi connectivity index (χ4v) is 2.20. The molecule has 5 heteroatoms. The van der Waals surface area contributed by atoms with Crippen LogP contribution in [0.5, 0.6) is 0 Å². The Morgan fingerprint density at radius 1 is 1.41 bits per heavy atom. The van der Waals surface area contributed by atoms with Crippen molar-refractivity contribution in [1.82, 2.24) is 5.43 Å². The average molecular weight is 242 g/mol. The highest BCUT2D eigenvalue weighted by Crippen LogP contribution is 2.31. The van der Waals surface area contributed by atoms with E-state index in [4.69, 9.17) is 10.6 Å². The smallest absolute Gasteiger partial charge is 0.163 e. The summed E-state index contributed by atoms with van der Waals surface area (Å²) in [5.41, 5.74) is 3.13. The molecule has 1 aliphatic rings. The number of halogens is 2. The lowest BCUT2D eigenvalue weighted by Crippen LogP contribution is -2.34. The molecule has 0 spiro atoms. The van der Waals surface area contributed by atoms with Gasteiger partial charge in [-0.2, -0.15) is 0 Å². The number of hydrogen-bond acceptors (Lipinski definition) is 3. The van der Waals surface area contributed by atoms with Crippen LogP contribution in [0.3, 0.4) is 0 Å². The van der Waals surface area contributed by atoms with Gasteiger partial charge in [0, 0.05) is 18.1 Å². The van der Waals surface area contributed by atoms with E-state index < -0.39 is 17.7 Å². The van der Waals surface area contributed by atoms with Gasteiger partial charge in [-0.05, 0) is 18.9 Å². The van der Waals surface area contributed by atoms with Gasteiger partial charge in [0.15, 0.2) is 11.6 Å². The standard InChI is InChI=1S/C12H16F2N2O/c1-7-2-3-9(11(14)10(7)13)12(16-15)8-4-5-17-6-8/h2-3,8,12,16H,4-6,15H2,1H3. The van der Waals surface area contributed by atoms with Crippen LogP contribution < -0.4 is 11.3 Å². The number of hydrazine groups is 1. The van der Waals surface area contributed by atoms with Crippen LogP contribution in [0.15, 0.2) is 12.1 Å². The van der Waals surface area contributed by atoms with Gasteiger partial charge in [0.1, 0.15) is 0 Å². The minimum Gasteiger partial charge on any atom is -0.381 e. The summed E-state index contributed by atoms with van der Waals surface area (Å²) in [4.78, 5) is 0. The number of nitrogens with two attached hydrogens (primary N) is 1. The quantitative estimate of drug-likeness (QED) is 0.627. The first-order valence-corrected chi connectivity index (χ1v) is 5.63. The summed E-state index contributed by atoms with van der Waals surface area (Å²) < 4.78 is 32.6. The van der Waals surface area contributed by atoms with Gasteiger partial charge in [0.25, 0.3) is 0 Å². The highest BCUT2D eigenvalue weighted by molar-refractivity contribution is 5.28. The normalized spacial score (nSPS) is 21.8. The van der Waals surface area contributed by atoms with Crippen molar-refractivity contribution in [3.8, 4) is 0 Å². The second-order valence-corrected chi connectivity index (χ2v) is 4.37. The lowest BCUT2D eigenvalue weighted by Gasteiger charge is -2.22. The molecule has 0 aliphatic carbocycles. The maximum atomic E-state index is 13.8. The summed E-state index contributed by atoms with van der Waals surface area (Å²) in [6.45, 7) is 2.69. The van der Waals surface area contributed by atoms with Gasteiger partial charge in [-0.3, -0.25) is 11.3 Å². The fourth-order valence-electron chi connectivity index (χ4n) is 2.20. The molecular weight excluding hydrogens is 226 g/mol. The molecule has 0 saturated carbocycles. The topological polar surface area (TPSA) is 47.3 Å². The van der Waals surface area contributed by atoms with Crippen LogP contribution in [0.2, 0.25) is 0 Å². The fraction of sp³-hybridized carbons (Fsp3) is 0.500. The molecule has 2 unspecified atom stereocenters. The van der Waals surface area contributed by atoms with E-state index in [0.29, 0.717) is 18.8 Å². The van der Waals surface area contributed by atoms with Gasteiger partial charge in [0.05, 0.1) is 12.6 Å². The lowest BCUT2D eigenvalue weighted by molar-refractivity contribution is 0.176. The monoisotopic (exact) mass is 242 g/mol. The molecule has 1 aliphatic heterocycles. The van der Waals surface area contributed by atoms with Crippen molar-refractivity contribution in [2.75, 3.05) is 13.2 Å². The highest BCUT2D eigenvalue weighted by Gasteiger charge is 2.29. The van der Waals surface area contributed by atoms with Gasteiger partial charge in [-0.1, -0.05) is 12.1 Å². The Morgan fingerprint density at radius 2 is 2.18 bits per heavy atom. The Kier molecular flexibility index (Phi) is 3.71. The van der Waals surface area contributed by atoms with Crippen molar-refractivity contribution in [3.63, 3.8) is 0 Å². The second kappa shape index (κ2) is 5.08. The van der Waals surface area contributed by atoms with E-state index in [1.807, 2.05) is 0 Å². The molecule has 0 aromatic heterocycles. The van der Waals surface area contributed by atoms with Crippen LogP contribution in [0.25, 0.3) is 0 Å².